The number of anilines is 1. The van der Waals surface area contributed by atoms with Crippen LogP contribution in [0.1, 0.15) is 47.1 Å². The highest BCUT2D eigenvalue weighted by molar-refractivity contribution is 6.15. The second kappa shape index (κ2) is 11.7. The van der Waals surface area contributed by atoms with Crippen molar-refractivity contribution in [3.05, 3.63) is 60.3 Å². The molecule has 0 bridgehead atoms. The third-order valence-corrected chi connectivity index (χ3v) is 6.43. The number of pyridine rings is 1. The average Bonchev–Trinajstić information content (AvgIpc) is 2.87. The molecule has 1 aliphatic rings. The van der Waals surface area contributed by atoms with Gasteiger partial charge >= 0.3 is 18.3 Å². The minimum absolute atomic E-state index is 0.116. The minimum atomic E-state index is -0.901. The predicted molar refractivity (Wildman–Crippen MR) is 157 cm³/mol. The van der Waals surface area contributed by atoms with Gasteiger partial charge in [0.05, 0.1) is 0 Å². The number of hydrogen-bond donors (Lipinski definition) is 1. The van der Waals surface area contributed by atoms with Gasteiger partial charge in [0, 0.05) is 49.9 Å². The molecule has 1 fully saturated rings. The number of imide groups is 1. The highest BCUT2D eigenvalue weighted by Crippen LogP contribution is 2.35. The number of piperazine rings is 1. The first-order valence-electron chi connectivity index (χ1n) is 13.7. The molecule has 0 atom stereocenters. The number of amides is 3. The first-order valence-corrected chi connectivity index (χ1v) is 13.7. The Hall–Kier alpha value is -4.18. The van der Waals surface area contributed by atoms with Crippen LogP contribution in [-0.4, -0.2) is 75.6 Å². The fourth-order valence-electron chi connectivity index (χ4n) is 4.62. The topological polar surface area (TPSA) is 113 Å². The van der Waals surface area contributed by atoms with Gasteiger partial charge in [0.2, 0.25) is 0 Å². The maximum atomic E-state index is 13.4. The van der Waals surface area contributed by atoms with Crippen LogP contribution in [-0.2, 0) is 16.0 Å². The van der Waals surface area contributed by atoms with Crippen molar-refractivity contribution in [3.63, 3.8) is 0 Å². The van der Waals surface area contributed by atoms with Crippen LogP contribution in [0.15, 0.2) is 54.7 Å². The number of carboxylic acid groups (broad SMARTS) is 1. The molecule has 1 saturated heterocycles. The number of fused-ring (bicyclic) bond motifs is 1. The Bertz CT molecular complexity index is 1390. The molecule has 3 aromatic rings. The van der Waals surface area contributed by atoms with E-state index in [9.17, 15) is 19.5 Å². The van der Waals surface area contributed by atoms with E-state index in [2.05, 4.69) is 9.88 Å². The lowest BCUT2D eigenvalue weighted by Crippen LogP contribution is -2.47. The average molecular weight is 563 g/mol. The van der Waals surface area contributed by atoms with Crippen molar-refractivity contribution in [2.75, 3.05) is 31.1 Å². The lowest BCUT2D eigenvalue weighted by Gasteiger charge is -2.33. The first-order chi connectivity index (χ1) is 19.2. The van der Waals surface area contributed by atoms with Gasteiger partial charge in [0.15, 0.2) is 5.82 Å². The fraction of sp³-hybridized carbons (Fsp3) is 0.419. The second-order valence-corrected chi connectivity index (χ2v) is 12.1. The molecule has 0 spiro atoms. The molecule has 0 aliphatic carbocycles. The molecule has 218 valence electrons. The zero-order chi connectivity index (χ0) is 29.9. The van der Waals surface area contributed by atoms with E-state index in [1.54, 1.807) is 47.7 Å². The van der Waals surface area contributed by atoms with Crippen molar-refractivity contribution in [3.8, 4) is 11.1 Å². The highest BCUT2D eigenvalue weighted by Gasteiger charge is 2.35. The molecule has 3 amide bonds. The standard InChI is InChI=1S/C31H38N4O6/c1-30(2,3)40-28(38)35(29(39)41-31(4,5)6)26-23-13-12-21(20-33-14-16-34(17-15-33)27(36)37)18-24(23)25(19-32-26)22-10-8-7-9-11-22/h7-13,18-19H,14-17,20H2,1-6H3,(H,36,37). The van der Waals surface area contributed by atoms with E-state index in [-0.39, 0.29) is 5.82 Å². The summed E-state index contributed by atoms with van der Waals surface area (Å²) in [5.74, 6) is 0.116. The predicted octanol–water partition coefficient (Wildman–Crippen LogP) is 6.37. The van der Waals surface area contributed by atoms with E-state index < -0.39 is 29.5 Å². The number of nitrogens with zero attached hydrogens (tertiary/aromatic N) is 4. The normalized spacial score (nSPS) is 14.5. The summed E-state index contributed by atoms with van der Waals surface area (Å²) in [5.41, 5.74) is 1.08. The number of aromatic nitrogens is 1. The maximum absolute atomic E-state index is 13.4. The molecular weight excluding hydrogens is 524 g/mol. The number of carbonyl (C=O) groups excluding carboxylic acids is 2. The zero-order valence-corrected chi connectivity index (χ0v) is 24.5. The molecule has 0 saturated carbocycles. The van der Waals surface area contributed by atoms with E-state index in [0.717, 1.165) is 27.0 Å². The first kappa shape index (κ1) is 29.8. The molecule has 10 heteroatoms. The molecule has 10 nitrogen and oxygen atoms in total. The summed E-state index contributed by atoms with van der Waals surface area (Å²) in [6, 6.07) is 15.6. The van der Waals surface area contributed by atoms with E-state index in [0.29, 0.717) is 38.1 Å². The highest BCUT2D eigenvalue weighted by atomic mass is 16.6. The summed E-state index contributed by atoms with van der Waals surface area (Å²) in [5, 5.41) is 10.7. The van der Waals surface area contributed by atoms with Crippen molar-refractivity contribution < 1.29 is 29.0 Å². The molecule has 41 heavy (non-hydrogen) atoms. The van der Waals surface area contributed by atoms with Crippen LogP contribution in [0, 0.1) is 0 Å². The van der Waals surface area contributed by atoms with Crippen molar-refractivity contribution in [2.24, 2.45) is 0 Å². The minimum Gasteiger partial charge on any atom is -0.465 e. The number of rotatable bonds is 4. The SMILES string of the molecule is CC(C)(C)OC(=O)N(C(=O)OC(C)(C)C)c1ncc(-c2ccccc2)c2cc(CN3CCN(C(=O)O)CC3)ccc12. The van der Waals surface area contributed by atoms with Gasteiger partial charge in [-0.25, -0.2) is 19.4 Å². The van der Waals surface area contributed by atoms with Crippen LogP contribution < -0.4 is 4.90 Å². The van der Waals surface area contributed by atoms with Crippen molar-refractivity contribution >= 4 is 34.9 Å². The van der Waals surface area contributed by atoms with Crippen LogP contribution in [0.5, 0.6) is 0 Å². The van der Waals surface area contributed by atoms with Gasteiger partial charge < -0.3 is 19.5 Å². The van der Waals surface area contributed by atoms with Crippen LogP contribution >= 0.6 is 0 Å². The van der Waals surface area contributed by atoms with E-state index in [1.165, 1.54) is 4.90 Å². The zero-order valence-electron chi connectivity index (χ0n) is 24.5. The molecule has 1 N–H and O–H groups in total. The summed E-state index contributed by atoms with van der Waals surface area (Å²) >= 11 is 0. The van der Waals surface area contributed by atoms with Crippen LogP contribution in [0.3, 0.4) is 0 Å². The summed E-state index contributed by atoms with van der Waals surface area (Å²) in [6.07, 6.45) is -1.01. The van der Waals surface area contributed by atoms with Gasteiger partial charge in [-0.1, -0.05) is 42.5 Å². The van der Waals surface area contributed by atoms with Gasteiger partial charge in [0.25, 0.3) is 0 Å². The van der Waals surface area contributed by atoms with E-state index in [4.69, 9.17) is 9.47 Å². The Kier molecular flexibility index (Phi) is 8.53. The Balaban J connectivity index is 1.80. The Morgan fingerprint density at radius 1 is 0.854 bits per heavy atom. The quantitative estimate of drug-likeness (QED) is 0.390. The van der Waals surface area contributed by atoms with Crippen LogP contribution in [0.25, 0.3) is 21.9 Å². The summed E-state index contributed by atoms with van der Waals surface area (Å²) in [4.78, 5) is 47.2. The van der Waals surface area contributed by atoms with Gasteiger partial charge in [-0.3, -0.25) is 4.90 Å². The number of hydrogen-bond acceptors (Lipinski definition) is 7. The largest absolute Gasteiger partial charge is 0.465 e. The molecule has 0 unspecified atom stereocenters. The molecule has 4 rings (SSSR count). The number of ether oxygens (including phenoxy) is 2. The van der Waals surface area contributed by atoms with Crippen LogP contribution in [0.2, 0.25) is 0 Å². The molecule has 2 aromatic carbocycles. The van der Waals surface area contributed by atoms with Crippen molar-refractivity contribution in [1.82, 2.24) is 14.8 Å². The third kappa shape index (κ3) is 7.52. The van der Waals surface area contributed by atoms with Gasteiger partial charge in [0.1, 0.15) is 11.2 Å². The molecule has 1 aromatic heterocycles. The Labute approximate surface area is 240 Å². The van der Waals surface area contributed by atoms with E-state index in [1.807, 2.05) is 48.5 Å². The molecule has 0 radical (unpaired) electrons. The summed E-state index contributed by atoms with van der Waals surface area (Å²) < 4.78 is 11.2. The molecule has 1 aliphatic heterocycles. The molecular formula is C31H38N4O6. The maximum Gasteiger partial charge on any atom is 0.425 e. The monoisotopic (exact) mass is 562 g/mol. The van der Waals surface area contributed by atoms with Crippen LogP contribution in [0.4, 0.5) is 20.2 Å². The Morgan fingerprint density at radius 2 is 1.44 bits per heavy atom. The third-order valence-electron chi connectivity index (χ3n) is 6.43. The number of benzene rings is 2. The second-order valence-electron chi connectivity index (χ2n) is 12.1. The lowest BCUT2D eigenvalue weighted by molar-refractivity contribution is 0.0429. The van der Waals surface area contributed by atoms with E-state index >= 15 is 0 Å². The summed E-state index contributed by atoms with van der Waals surface area (Å²) in [7, 11) is 0. The molecule has 2 heterocycles. The number of carbonyl (C=O) groups is 3. The Morgan fingerprint density at radius 3 is 1.98 bits per heavy atom. The lowest BCUT2D eigenvalue weighted by atomic mass is 9.98. The van der Waals surface area contributed by atoms with Gasteiger partial charge in [-0.2, -0.15) is 4.90 Å². The summed E-state index contributed by atoms with van der Waals surface area (Å²) in [6.45, 7) is 13.1. The van der Waals surface area contributed by atoms with Gasteiger partial charge in [-0.15, -0.1) is 0 Å². The van der Waals surface area contributed by atoms with Crippen molar-refractivity contribution in [1.29, 1.82) is 0 Å². The fourth-order valence-corrected chi connectivity index (χ4v) is 4.62. The smallest absolute Gasteiger partial charge is 0.425 e. The van der Waals surface area contributed by atoms with Crippen molar-refractivity contribution in [2.45, 2.75) is 59.3 Å². The van der Waals surface area contributed by atoms with Gasteiger partial charge in [-0.05, 0) is 64.1 Å².